The highest BCUT2D eigenvalue weighted by molar-refractivity contribution is 5.86. The second-order valence-corrected chi connectivity index (χ2v) is 3.43. The summed E-state index contributed by atoms with van der Waals surface area (Å²) in [5.74, 6) is -0.261. The molecule has 0 saturated carbocycles. The molecule has 1 rings (SSSR count). The molecule has 0 spiro atoms. The van der Waals surface area contributed by atoms with Gasteiger partial charge in [-0.1, -0.05) is 30.3 Å². The Labute approximate surface area is 94.0 Å². The van der Waals surface area contributed by atoms with Gasteiger partial charge in [0.25, 0.3) is 0 Å². The van der Waals surface area contributed by atoms with Crippen molar-refractivity contribution >= 4 is 11.9 Å². The third kappa shape index (κ3) is 4.00. The number of rotatable bonds is 4. The lowest BCUT2D eigenvalue weighted by molar-refractivity contribution is -0.122. The largest absolute Gasteiger partial charge is 0.352 e. The van der Waals surface area contributed by atoms with Gasteiger partial charge in [-0.25, -0.2) is 4.79 Å². The van der Waals surface area contributed by atoms with Crippen LogP contribution in [0.25, 0.3) is 0 Å². The highest BCUT2D eigenvalue weighted by Crippen LogP contribution is 1.97. The fourth-order valence-electron chi connectivity index (χ4n) is 1.22. The predicted octanol–water partition coefficient (Wildman–Crippen LogP) is 0.360. The summed E-state index contributed by atoms with van der Waals surface area (Å²) >= 11 is 0. The van der Waals surface area contributed by atoms with Crippen LogP contribution in [0.2, 0.25) is 0 Å². The summed E-state index contributed by atoms with van der Waals surface area (Å²) in [5.41, 5.74) is 5.91. The summed E-state index contributed by atoms with van der Waals surface area (Å²) in [7, 11) is 0. The molecule has 86 valence electrons. The molecule has 1 aromatic rings. The zero-order valence-corrected chi connectivity index (χ0v) is 9.07. The topological polar surface area (TPSA) is 84.2 Å². The number of carbonyl (C=O) groups is 2. The van der Waals surface area contributed by atoms with E-state index in [9.17, 15) is 9.59 Å². The van der Waals surface area contributed by atoms with E-state index in [1.54, 1.807) is 6.92 Å². The van der Waals surface area contributed by atoms with Crippen LogP contribution in [0.15, 0.2) is 30.3 Å². The van der Waals surface area contributed by atoms with E-state index in [1.807, 2.05) is 30.3 Å². The van der Waals surface area contributed by atoms with Crippen molar-refractivity contribution in [3.8, 4) is 0 Å². The van der Waals surface area contributed by atoms with Crippen molar-refractivity contribution < 1.29 is 9.59 Å². The minimum absolute atomic E-state index is 0.261. The summed E-state index contributed by atoms with van der Waals surface area (Å²) < 4.78 is 0. The van der Waals surface area contributed by atoms with E-state index in [-0.39, 0.29) is 5.91 Å². The standard InChI is InChI=1S/C11H15N3O2/c1-8(14-11(12)16)10(15)13-7-9-5-3-2-4-6-9/h2-6,8H,7H2,1H3,(H,13,15)(H3,12,14,16)/t8-/m1/s1. The van der Waals surface area contributed by atoms with Gasteiger partial charge in [-0.05, 0) is 12.5 Å². The number of hydrogen-bond donors (Lipinski definition) is 3. The fourth-order valence-corrected chi connectivity index (χ4v) is 1.22. The lowest BCUT2D eigenvalue weighted by Gasteiger charge is -2.12. The normalized spacial score (nSPS) is 11.6. The number of benzene rings is 1. The van der Waals surface area contributed by atoms with Gasteiger partial charge >= 0.3 is 6.03 Å². The van der Waals surface area contributed by atoms with Crippen molar-refractivity contribution in [3.63, 3.8) is 0 Å². The molecule has 0 aliphatic heterocycles. The Hall–Kier alpha value is -2.04. The lowest BCUT2D eigenvalue weighted by Crippen LogP contribution is -2.46. The molecule has 0 fully saturated rings. The third-order valence-corrected chi connectivity index (χ3v) is 2.06. The van der Waals surface area contributed by atoms with Crippen molar-refractivity contribution in [1.82, 2.24) is 10.6 Å². The van der Waals surface area contributed by atoms with E-state index in [2.05, 4.69) is 10.6 Å². The molecule has 1 aromatic carbocycles. The molecule has 3 amide bonds. The van der Waals surface area contributed by atoms with E-state index in [4.69, 9.17) is 5.73 Å². The number of nitrogens with one attached hydrogen (secondary N) is 2. The van der Waals surface area contributed by atoms with Gasteiger partial charge in [0.2, 0.25) is 5.91 Å². The van der Waals surface area contributed by atoms with Gasteiger partial charge in [0, 0.05) is 6.54 Å². The summed E-state index contributed by atoms with van der Waals surface area (Å²) in [6, 6.07) is 8.18. The number of amides is 3. The third-order valence-electron chi connectivity index (χ3n) is 2.06. The number of nitrogens with two attached hydrogens (primary N) is 1. The monoisotopic (exact) mass is 221 g/mol. The molecule has 0 heterocycles. The molecule has 4 N–H and O–H groups in total. The molecule has 0 radical (unpaired) electrons. The first-order chi connectivity index (χ1) is 7.59. The summed E-state index contributed by atoms with van der Waals surface area (Å²) in [6.45, 7) is 2.01. The maximum Gasteiger partial charge on any atom is 0.312 e. The molecule has 16 heavy (non-hydrogen) atoms. The number of urea groups is 1. The van der Waals surface area contributed by atoms with Gasteiger partial charge in [0.15, 0.2) is 0 Å². The number of primary amides is 1. The quantitative estimate of drug-likeness (QED) is 0.685. The molecular formula is C11H15N3O2. The minimum Gasteiger partial charge on any atom is -0.352 e. The Bertz CT molecular complexity index is 365. The second kappa shape index (κ2) is 5.75. The molecule has 0 aromatic heterocycles. The van der Waals surface area contributed by atoms with Crippen LogP contribution in [0, 0.1) is 0 Å². The Balaban J connectivity index is 2.38. The van der Waals surface area contributed by atoms with Crippen LogP contribution in [0.1, 0.15) is 12.5 Å². The van der Waals surface area contributed by atoms with Crippen LogP contribution in [0.5, 0.6) is 0 Å². The van der Waals surface area contributed by atoms with Crippen LogP contribution in [0.4, 0.5) is 4.79 Å². The van der Waals surface area contributed by atoms with Crippen molar-refractivity contribution in [2.24, 2.45) is 5.73 Å². The first-order valence-corrected chi connectivity index (χ1v) is 4.97. The first-order valence-electron chi connectivity index (χ1n) is 4.97. The van der Waals surface area contributed by atoms with Crippen molar-refractivity contribution in [2.75, 3.05) is 0 Å². The molecule has 0 saturated heterocycles. The van der Waals surface area contributed by atoms with Gasteiger partial charge in [-0.15, -0.1) is 0 Å². The summed E-state index contributed by atoms with van der Waals surface area (Å²) in [5, 5.41) is 5.00. The summed E-state index contributed by atoms with van der Waals surface area (Å²) in [6.07, 6.45) is 0. The second-order valence-electron chi connectivity index (χ2n) is 3.43. The Kier molecular flexibility index (Phi) is 4.32. The maximum absolute atomic E-state index is 11.5. The van der Waals surface area contributed by atoms with Gasteiger partial charge in [-0.2, -0.15) is 0 Å². The Morgan fingerprint density at radius 1 is 1.31 bits per heavy atom. The first kappa shape index (κ1) is 12.0. The van der Waals surface area contributed by atoms with Crippen LogP contribution < -0.4 is 16.4 Å². The average Bonchev–Trinajstić information content (AvgIpc) is 2.26. The van der Waals surface area contributed by atoms with Crippen LogP contribution in [-0.2, 0) is 11.3 Å². The molecule has 5 nitrogen and oxygen atoms in total. The van der Waals surface area contributed by atoms with Crippen LogP contribution in [0.3, 0.4) is 0 Å². The molecule has 0 aliphatic carbocycles. The maximum atomic E-state index is 11.5. The van der Waals surface area contributed by atoms with Gasteiger partial charge in [0.1, 0.15) is 6.04 Å². The molecular weight excluding hydrogens is 206 g/mol. The molecule has 0 unspecified atom stereocenters. The van der Waals surface area contributed by atoms with E-state index in [1.165, 1.54) is 0 Å². The predicted molar refractivity (Wildman–Crippen MR) is 60.5 cm³/mol. The highest BCUT2D eigenvalue weighted by atomic mass is 16.2. The van der Waals surface area contributed by atoms with Crippen molar-refractivity contribution in [2.45, 2.75) is 19.5 Å². The Morgan fingerprint density at radius 3 is 2.50 bits per heavy atom. The zero-order valence-electron chi connectivity index (χ0n) is 9.07. The molecule has 5 heteroatoms. The van der Waals surface area contributed by atoms with Crippen LogP contribution >= 0.6 is 0 Å². The molecule has 1 atom stereocenters. The van der Waals surface area contributed by atoms with Crippen LogP contribution in [-0.4, -0.2) is 18.0 Å². The van der Waals surface area contributed by atoms with Gasteiger partial charge < -0.3 is 16.4 Å². The smallest absolute Gasteiger partial charge is 0.312 e. The van der Waals surface area contributed by atoms with E-state index in [0.717, 1.165) is 5.56 Å². The van der Waals surface area contributed by atoms with Crippen molar-refractivity contribution in [3.05, 3.63) is 35.9 Å². The van der Waals surface area contributed by atoms with Gasteiger partial charge in [0.05, 0.1) is 0 Å². The number of hydrogen-bond acceptors (Lipinski definition) is 2. The van der Waals surface area contributed by atoms with Crippen molar-refractivity contribution in [1.29, 1.82) is 0 Å². The lowest BCUT2D eigenvalue weighted by atomic mass is 10.2. The highest BCUT2D eigenvalue weighted by Gasteiger charge is 2.12. The average molecular weight is 221 g/mol. The zero-order chi connectivity index (χ0) is 12.0. The minimum atomic E-state index is -0.706. The SMILES string of the molecule is C[C@@H](NC(N)=O)C(=O)NCc1ccccc1. The summed E-state index contributed by atoms with van der Waals surface area (Å²) in [4.78, 5) is 22.0. The molecule has 0 aliphatic rings. The molecule has 0 bridgehead atoms. The van der Waals surface area contributed by atoms with Gasteiger partial charge in [-0.3, -0.25) is 4.79 Å². The number of carbonyl (C=O) groups excluding carboxylic acids is 2. The van der Waals surface area contributed by atoms with E-state index in [0.29, 0.717) is 6.54 Å². The van der Waals surface area contributed by atoms with E-state index < -0.39 is 12.1 Å². The Morgan fingerprint density at radius 2 is 1.94 bits per heavy atom. The van der Waals surface area contributed by atoms with E-state index >= 15 is 0 Å². The fraction of sp³-hybridized carbons (Fsp3) is 0.273.